The predicted molar refractivity (Wildman–Crippen MR) is 90.0 cm³/mol. The minimum atomic E-state index is 0.0119. The number of carbonyl (C=O) groups excluding carboxylic acids is 1. The summed E-state index contributed by atoms with van der Waals surface area (Å²) in [5.41, 5.74) is 1.83. The minimum absolute atomic E-state index is 0.0119. The summed E-state index contributed by atoms with van der Waals surface area (Å²) >= 11 is 0. The Hall–Kier alpha value is -2.40. The van der Waals surface area contributed by atoms with Crippen molar-refractivity contribution < 1.29 is 4.79 Å². The molecular formula is C18H22N4O. The molecule has 2 aromatic rings. The Morgan fingerprint density at radius 1 is 1.43 bits per heavy atom. The first-order chi connectivity index (χ1) is 11.2. The highest BCUT2D eigenvalue weighted by Gasteiger charge is 2.13. The lowest BCUT2D eigenvalue weighted by Crippen LogP contribution is -2.21. The fourth-order valence-electron chi connectivity index (χ4n) is 2.70. The van der Waals surface area contributed by atoms with Crippen LogP contribution in [-0.4, -0.2) is 40.7 Å². The van der Waals surface area contributed by atoms with Crippen molar-refractivity contribution in [2.75, 3.05) is 20.1 Å². The van der Waals surface area contributed by atoms with Crippen LogP contribution in [0.5, 0.6) is 0 Å². The first-order valence-corrected chi connectivity index (χ1v) is 7.95. The van der Waals surface area contributed by atoms with Gasteiger partial charge in [-0.25, -0.2) is 0 Å². The fraction of sp³-hybridized carbons (Fsp3) is 0.333. The molecule has 1 aromatic heterocycles. The Labute approximate surface area is 136 Å². The Morgan fingerprint density at radius 2 is 2.26 bits per heavy atom. The standard InChI is InChI=1S/C18H22N4O/c1-21(12-8-15-7-10-19-13-15)18(23)17-5-3-16(4-6-17)14-22-11-2-9-20-22/h2-6,8-9,11-12,15,19H,7,10,13-14H2,1H3/b12-8+. The smallest absolute Gasteiger partial charge is 0.257 e. The van der Waals surface area contributed by atoms with Gasteiger partial charge < -0.3 is 10.2 Å². The zero-order valence-electron chi connectivity index (χ0n) is 13.4. The SMILES string of the molecule is CN(/C=C/C1CCNC1)C(=O)c1ccc(Cn2cccn2)cc1. The molecule has 2 heterocycles. The molecule has 1 aliphatic heterocycles. The summed E-state index contributed by atoms with van der Waals surface area (Å²) in [6.07, 6.45) is 8.83. The van der Waals surface area contributed by atoms with Gasteiger partial charge in [0.15, 0.2) is 0 Å². The molecular weight excluding hydrogens is 288 g/mol. The summed E-state index contributed by atoms with van der Waals surface area (Å²) in [5, 5.41) is 7.51. The first-order valence-electron chi connectivity index (χ1n) is 7.95. The zero-order chi connectivity index (χ0) is 16.1. The van der Waals surface area contributed by atoms with Gasteiger partial charge in [0.2, 0.25) is 0 Å². The molecule has 1 saturated heterocycles. The van der Waals surface area contributed by atoms with E-state index in [2.05, 4.69) is 16.5 Å². The van der Waals surface area contributed by atoms with Gasteiger partial charge in [-0.2, -0.15) is 5.10 Å². The maximum Gasteiger partial charge on any atom is 0.257 e. The summed E-state index contributed by atoms with van der Waals surface area (Å²) in [6.45, 7) is 2.77. The van der Waals surface area contributed by atoms with E-state index in [1.807, 2.05) is 47.4 Å². The topological polar surface area (TPSA) is 50.2 Å². The Balaban J connectivity index is 1.60. The second-order valence-corrected chi connectivity index (χ2v) is 5.91. The first kappa shape index (κ1) is 15.5. The molecule has 1 unspecified atom stereocenters. The fourth-order valence-corrected chi connectivity index (χ4v) is 2.70. The Bertz CT molecular complexity index is 655. The Morgan fingerprint density at radius 3 is 2.91 bits per heavy atom. The highest BCUT2D eigenvalue weighted by Crippen LogP contribution is 2.11. The van der Waals surface area contributed by atoms with Crippen LogP contribution in [0.2, 0.25) is 0 Å². The van der Waals surface area contributed by atoms with Gasteiger partial charge in [0.05, 0.1) is 6.54 Å². The van der Waals surface area contributed by atoms with Crippen molar-refractivity contribution in [3.63, 3.8) is 0 Å². The average molecular weight is 310 g/mol. The molecule has 5 heteroatoms. The van der Waals surface area contributed by atoms with Crippen LogP contribution in [0.3, 0.4) is 0 Å². The van der Waals surface area contributed by atoms with E-state index in [0.29, 0.717) is 18.0 Å². The number of aromatic nitrogens is 2. The van der Waals surface area contributed by atoms with Crippen molar-refractivity contribution >= 4 is 5.91 Å². The van der Waals surface area contributed by atoms with E-state index in [-0.39, 0.29) is 5.91 Å². The maximum atomic E-state index is 12.4. The van der Waals surface area contributed by atoms with E-state index in [1.54, 1.807) is 18.1 Å². The van der Waals surface area contributed by atoms with Crippen molar-refractivity contribution in [1.82, 2.24) is 20.0 Å². The minimum Gasteiger partial charge on any atom is -0.318 e. The van der Waals surface area contributed by atoms with Gasteiger partial charge in [-0.15, -0.1) is 0 Å². The molecule has 1 amide bonds. The normalized spacial score (nSPS) is 17.7. The molecule has 1 fully saturated rings. The third-order valence-electron chi connectivity index (χ3n) is 4.11. The van der Waals surface area contributed by atoms with Crippen molar-refractivity contribution in [1.29, 1.82) is 0 Å². The second-order valence-electron chi connectivity index (χ2n) is 5.91. The van der Waals surface area contributed by atoms with E-state index in [4.69, 9.17) is 0 Å². The van der Waals surface area contributed by atoms with Crippen LogP contribution in [0, 0.1) is 5.92 Å². The van der Waals surface area contributed by atoms with Crippen molar-refractivity contribution in [2.45, 2.75) is 13.0 Å². The molecule has 0 saturated carbocycles. The van der Waals surface area contributed by atoms with Gasteiger partial charge in [0.25, 0.3) is 5.91 Å². The van der Waals surface area contributed by atoms with Gasteiger partial charge in [0.1, 0.15) is 0 Å². The van der Waals surface area contributed by atoms with E-state index >= 15 is 0 Å². The van der Waals surface area contributed by atoms with E-state index < -0.39 is 0 Å². The number of rotatable bonds is 5. The van der Waals surface area contributed by atoms with Crippen molar-refractivity contribution in [2.24, 2.45) is 5.92 Å². The Kier molecular flexibility index (Phi) is 4.88. The molecule has 23 heavy (non-hydrogen) atoms. The lowest BCUT2D eigenvalue weighted by molar-refractivity contribution is 0.0849. The van der Waals surface area contributed by atoms with Crippen LogP contribution >= 0.6 is 0 Å². The third-order valence-corrected chi connectivity index (χ3v) is 4.11. The number of amides is 1. The zero-order valence-corrected chi connectivity index (χ0v) is 13.4. The lowest BCUT2D eigenvalue weighted by atomic mass is 10.1. The van der Waals surface area contributed by atoms with Crippen LogP contribution in [-0.2, 0) is 6.54 Å². The number of carbonyl (C=O) groups is 1. The lowest BCUT2D eigenvalue weighted by Gasteiger charge is -2.13. The monoisotopic (exact) mass is 310 g/mol. The summed E-state index contributed by atoms with van der Waals surface area (Å²) in [7, 11) is 1.80. The van der Waals surface area contributed by atoms with Gasteiger partial charge >= 0.3 is 0 Å². The van der Waals surface area contributed by atoms with Crippen molar-refractivity contribution in [3.05, 3.63) is 66.1 Å². The van der Waals surface area contributed by atoms with Crippen molar-refractivity contribution in [3.8, 4) is 0 Å². The number of hydrogen-bond acceptors (Lipinski definition) is 3. The summed E-state index contributed by atoms with van der Waals surface area (Å²) in [5.74, 6) is 0.541. The molecule has 1 atom stereocenters. The molecule has 5 nitrogen and oxygen atoms in total. The molecule has 120 valence electrons. The molecule has 1 N–H and O–H groups in total. The predicted octanol–water partition coefficient (Wildman–Crippen LogP) is 2.13. The van der Waals surface area contributed by atoms with Gasteiger partial charge in [-0.1, -0.05) is 18.2 Å². The van der Waals surface area contributed by atoms with E-state index in [9.17, 15) is 4.79 Å². The summed E-state index contributed by atoms with van der Waals surface area (Å²) in [4.78, 5) is 14.1. The summed E-state index contributed by atoms with van der Waals surface area (Å²) in [6, 6.07) is 9.62. The quantitative estimate of drug-likeness (QED) is 0.920. The molecule has 0 spiro atoms. The number of benzene rings is 1. The van der Waals surface area contributed by atoms with E-state index in [0.717, 1.165) is 25.1 Å². The number of nitrogens with one attached hydrogen (secondary N) is 1. The van der Waals surface area contributed by atoms with Gasteiger partial charge in [-0.05, 0) is 42.6 Å². The van der Waals surface area contributed by atoms with Gasteiger partial charge in [0, 0.05) is 37.7 Å². The molecule has 3 rings (SSSR count). The average Bonchev–Trinajstić information content (AvgIpc) is 3.26. The van der Waals surface area contributed by atoms with E-state index in [1.165, 1.54) is 0 Å². The van der Waals surface area contributed by atoms with Crippen LogP contribution in [0.4, 0.5) is 0 Å². The summed E-state index contributed by atoms with van der Waals surface area (Å²) < 4.78 is 1.86. The molecule has 1 aromatic carbocycles. The number of nitrogens with zero attached hydrogens (tertiary/aromatic N) is 3. The second kappa shape index (κ2) is 7.24. The van der Waals surface area contributed by atoms with Crippen LogP contribution in [0.1, 0.15) is 22.3 Å². The highest BCUT2D eigenvalue weighted by atomic mass is 16.2. The largest absolute Gasteiger partial charge is 0.318 e. The molecule has 1 aliphatic rings. The van der Waals surface area contributed by atoms with Crippen LogP contribution in [0.25, 0.3) is 0 Å². The van der Waals surface area contributed by atoms with Crippen LogP contribution < -0.4 is 5.32 Å². The number of hydrogen-bond donors (Lipinski definition) is 1. The molecule has 0 aliphatic carbocycles. The van der Waals surface area contributed by atoms with Crippen LogP contribution in [0.15, 0.2) is 55.0 Å². The highest BCUT2D eigenvalue weighted by molar-refractivity contribution is 5.94. The molecule has 0 bridgehead atoms. The van der Waals surface area contributed by atoms with Gasteiger partial charge in [-0.3, -0.25) is 9.48 Å². The maximum absolute atomic E-state index is 12.4. The molecule has 0 radical (unpaired) electrons. The third kappa shape index (κ3) is 4.07.